The number of sulfonamides is 1. The molecule has 0 heterocycles. The van der Waals surface area contributed by atoms with Gasteiger partial charge in [-0.25, -0.2) is 4.79 Å². The Kier molecular flexibility index (Phi) is 4.22. The van der Waals surface area contributed by atoms with E-state index in [2.05, 4.69) is 4.40 Å². The molecular formula is C10H11NO4S. The van der Waals surface area contributed by atoms with Gasteiger partial charge in [-0.2, -0.15) is 8.42 Å². The lowest BCUT2D eigenvalue weighted by Gasteiger charge is -2.07. The minimum atomic E-state index is -4.00. The molecule has 6 heteroatoms. The molecule has 0 saturated heterocycles. The van der Waals surface area contributed by atoms with Crippen molar-refractivity contribution in [2.45, 2.75) is 18.2 Å². The van der Waals surface area contributed by atoms with Gasteiger partial charge in [0.15, 0.2) is 0 Å². The second-order valence-electron chi connectivity index (χ2n) is 2.95. The number of benzene rings is 1. The SMILES string of the molecule is CCCOc1ccccc1S(=O)(=O)N=C=O. The van der Waals surface area contributed by atoms with Crippen LogP contribution in [0.2, 0.25) is 0 Å². The zero-order valence-corrected chi connectivity index (χ0v) is 9.53. The lowest BCUT2D eigenvalue weighted by Crippen LogP contribution is -2.03. The summed E-state index contributed by atoms with van der Waals surface area (Å²) in [5, 5.41) is 0. The van der Waals surface area contributed by atoms with Crippen LogP contribution in [0.25, 0.3) is 0 Å². The smallest absolute Gasteiger partial charge is 0.296 e. The van der Waals surface area contributed by atoms with Crippen LogP contribution in [-0.2, 0) is 14.8 Å². The van der Waals surface area contributed by atoms with Crippen molar-refractivity contribution in [3.05, 3.63) is 24.3 Å². The monoisotopic (exact) mass is 241 g/mol. The number of isocyanates is 1. The van der Waals surface area contributed by atoms with E-state index in [0.29, 0.717) is 6.61 Å². The van der Waals surface area contributed by atoms with Crippen LogP contribution >= 0.6 is 0 Å². The lowest BCUT2D eigenvalue weighted by molar-refractivity contribution is 0.309. The van der Waals surface area contributed by atoms with Crippen LogP contribution < -0.4 is 4.74 Å². The van der Waals surface area contributed by atoms with Gasteiger partial charge in [0.2, 0.25) is 0 Å². The van der Waals surface area contributed by atoms with Crippen molar-refractivity contribution in [3.63, 3.8) is 0 Å². The van der Waals surface area contributed by atoms with Crippen molar-refractivity contribution < 1.29 is 17.9 Å². The molecule has 5 nitrogen and oxygen atoms in total. The van der Waals surface area contributed by atoms with Crippen molar-refractivity contribution in [1.29, 1.82) is 0 Å². The number of para-hydroxylation sites is 1. The number of rotatable bonds is 5. The third kappa shape index (κ3) is 2.92. The summed E-state index contributed by atoms with van der Waals surface area (Å²) in [4.78, 5) is 9.89. The molecule has 1 rings (SSSR count). The Bertz CT molecular complexity index is 503. The number of hydrogen-bond acceptors (Lipinski definition) is 4. The first-order valence-corrected chi connectivity index (χ1v) is 6.12. The molecule has 0 aliphatic rings. The summed E-state index contributed by atoms with van der Waals surface area (Å²) in [5.41, 5.74) is 0. The summed E-state index contributed by atoms with van der Waals surface area (Å²) in [6.07, 6.45) is 1.78. The molecule has 0 aliphatic heterocycles. The minimum Gasteiger partial charge on any atom is -0.492 e. The Morgan fingerprint density at radius 1 is 1.38 bits per heavy atom. The first-order chi connectivity index (χ1) is 7.61. The summed E-state index contributed by atoms with van der Waals surface area (Å²) in [7, 11) is -4.00. The van der Waals surface area contributed by atoms with Gasteiger partial charge in [0.05, 0.1) is 6.61 Å². The van der Waals surface area contributed by atoms with Gasteiger partial charge < -0.3 is 4.74 Å². The highest BCUT2D eigenvalue weighted by atomic mass is 32.2. The number of ether oxygens (including phenoxy) is 1. The van der Waals surface area contributed by atoms with Gasteiger partial charge in [0, 0.05) is 0 Å². The molecule has 0 amide bonds. The summed E-state index contributed by atoms with van der Waals surface area (Å²) in [5.74, 6) is 0.198. The Hall–Kier alpha value is -1.65. The van der Waals surface area contributed by atoms with E-state index in [0.717, 1.165) is 12.5 Å². The molecule has 0 bridgehead atoms. The maximum Gasteiger partial charge on any atom is 0.296 e. The predicted molar refractivity (Wildman–Crippen MR) is 57.5 cm³/mol. The van der Waals surface area contributed by atoms with Crippen molar-refractivity contribution in [2.75, 3.05) is 6.61 Å². The van der Waals surface area contributed by atoms with Crippen LogP contribution in [-0.4, -0.2) is 21.1 Å². The summed E-state index contributed by atoms with van der Waals surface area (Å²) in [6, 6.07) is 6.03. The van der Waals surface area contributed by atoms with Gasteiger partial charge in [-0.3, -0.25) is 0 Å². The topological polar surface area (TPSA) is 72.8 Å². The molecule has 86 valence electrons. The molecule has 0 saturated carbocycles. The Labute approximate surface area is 93.8 Å². The van der Waals surface area contributed by atoms with Crippen LogP contribution in [0.5, 0.6) is 5.75 Å². The molecule has 0 aromatic heterocycles. The van der Waals surface area contributed by atoms with Crippen molar-refractivity contribution in [1.82, 2.24) is 0 Å². The van der Waals surface area contributed by atoms with Gasteiger partial charge >= 0.3 is 0 Å². The normalized spacial score (nSPS) is 10.6. The molecule has 0 atom stereocenters. The van der Waals surface area contributed by atoms with Crippen LogP contribution in [0.4, 0.5) is 0 Å². The van der Waals surface area contributed by atoms with E-state index in [1.54, 1.807) is 6.07 Å². The van der Waals surface area contributed by atoms with Crippen LogP contribution in [0.3, 0.4) is 0 Å². The molecule has 0 fully saturated rings. The molecule has 0 aliphatic carbocycles. The van der Waals surface area contributed by atoms with Crippen LogP contribution in [0.1, 0.15) is 13.3 Å². The molecule has 1 aromatic rings. The molecule has 0 radical (unpaired) electrons. The van der Waals surface area contributed by atoms with Gasteiger partial charge in [-0.05, 0) is 18.6 Å². The quantitative estimate of drug-likeness (QED) is 0.578. The summed E-state index contributed by atoms with van der Waals surface area (Å²) < 4.78 is 31.0. The first kappa shape index (κ1) is 12.4. The molecule has 16 heavy (non-hydrogen) atoms. The van der Waals surface area contributed by atoms with Crippen molar-refractivity contribution in [2.24, 2.45) is 4.40 Å². The number of nitrogens with zero attached hydrogens (tertiary/aromatic N) is 1. The highest BCUT2D eigenvalue weighted by Gasteiger charge is 2.18. The second-order valence-corrected chi connectivity index (χ2v) is 4.53. The number of carbonyl (C=O) groups excluding carboxylic acids is 1. The molecule has 0 unspecified atom stereocenters. The average molecular weight is 241 g/mol. The molecular weight excluding hydrogens is 230 g/mol. The zero-order valence-electron chi connectivity index (χ0n) is 8.71. The highest BCUT2D eigenvalue weighted by Crippen LogP contribution is 2.24. The zero-order chi connectivity index (χ0) is 12.0. The lowest BCUT2D eigenvalue weighted by atomic mass is 10.3. The van der Waals surface area contributed by atoms with Gasteiger partial charge in [0.1, 0.15) is 10.6 Å². The van der Waals surface area contributed by atoms with Crippen LogP contribution in [0.15, 0.2) is 33.6 Å². The third-order valence-electron chi connectivity index (χ3n) is 1.75. The fourth-order valence-corrected chi connectivity index (χ4v) is 1.92. The Morgan fingerprint density at radius 3 is 2.69 bits per heavy atom. The second kappa shape index (κ2) is 5.44. The summed E-state index contributed by atoms with van der Waals surface area (Å²) >= 11 is 0. The summed E-state index contributed by atoms with van der Waals surface area (Å²) in [6.45, 7) is 2.30. The van der Waals surface area contributed by atoms with Crippen molar-refractivity contribution in [3.8, 4) is 5.75 Å². The van der Waals surface area contributed by atoms with E-state index in [4.69, 9.17) is 4.74 Å². The maximum absolute atomic E-state index is 11.5. The predicted octanol–water partition coefficient (Wildman–Crippen LogP) is 1.50. The van der Waals surface area contributed by atoms with E-state index in [-0.39, 0.29) is 10.6 Å². The van der Waals surface area contributed by atoms with Crippen molar-refractivity contribution >= 4 is 16.1 Å². The standard InChI is InChI=1S/C10H11NO4S/c1-2-7-15-9-5-3-4-6-10(9)16(13,14)11-8-12/h3-6H,2,7H2,1H3. The van der Waals surface area contributed by atoms with E-state index >= 15 is 0 Å². The average Bonchev–Trinajstić information content (AvgIpc) is 2.26. The van der Waals surface area contributed by atoms with Gasteiger partial charge in [-0.15, -0.1) is 0 Å². The van der Waals surface area contributed by atoms with E-state index in [1.807, 2.05) is 6.92 Å². The fourth-order valence-electron chi connectivity index (χ4n) is 1.09. The van der Waals surface area contributed by atoms with E-state index in [1.165, 1.54) is 18.2 Å². The van der Waals surface area contributed by atoms with Gasteiger partial charge in [0.25, 0.3) is 16.1 Å². The first-order valence-electron chi connectivity index (χ1n) is 4.68. The molecule has 0 spiro atoms. The fraction of sp³-hybridized carbons (Fsp3) is 0.300. The largest absolute Gasteiger partial charge is 0.492 e. The Morgan fingerprint density at radius 2 is 2.06 bits per heavy atom. The highest BCUT2D eigenvalue weighted by molar-refractivity contribution is 7.90. The van der Waals surface area contributed by atoms with Gasteiger partial charge in [-0.1, -0.05) is 23.5 Å². The maximum atomic E-state index is 11.5. The molecule has 0 N–H and O–H groups in total. The van der Waals surface area contributed by atoms with Crippen LogP contribution in [0, 0.1) is 0 Å². The molecule has 1 aromatic carbocycles. The van der Waals surface area contributed by atoms with E-state index in [9.17, 15) is 13.2 Å². The van der Waals surface area contributed by atoms with E-state index < -0.39 is 10.0 Å². The Balaban J connectivity index is 3.18. The third-order valence-corrected chi connectivity index (χ3v) is 2.95. The number of hydrogen-bond donors (Lipinski definition) is 0. The minimum absolute atomic E-state index is 0.119.